The van der Waals surface area contributed by atoms with Gasteiger partial charge in [-0.25, -0.2) is 0 Å². The Labute approximate surface area is 180 Å². The van der Waals surface area contributed by atoms with E-state index < -0.39 is 6.10 Å². The Balaban J connectivity index is 5.01. The van der Waals surface area contributed by atoms with Gasteiger partial charge in [0.1, 0.15) is 6.10 Å². The summed E-state index contributed by atoms with van der Waals surface area (Å²) in [6, 6.07) is 0. The van der Waals surface area contributed by atoms with E-state index in [0.29, 0.717) is 24.8 Å². The maximum absolute atomic E-state index is 12.9. The molecule has 0 fully saturated rings. The van der Waals surface area contributed by atoms with Gasteiger partial charge in [0.05, 0.1) is 0 Å². The first-order chi connectivity index (χ1) is 13.8. The number of aliphatic hydroxyl groups excluding tert-OH is 1. The first kappa shape index (κ1) is 27.8. The van der Waals surface area contributed by atoms with Gasteiger partial charge in [-0.1, -0.05) is 82.4 Å². The highest BCUT2D eigenvalue weighted by Gasteiger charge is 2.26. The molecule has 0 saturated heterocycles. The third-order valence-corrected chi connectivity index (χ3v) is 5.44. The topological polar surface area (TPSA) is 54.4 Å². The summed E-state index contributed by atoms with van der Waals surface area (Å²) in [5.74, 6) is -0.236. The molecule has 0 aliphatic rings. The maximum atomic E-state index is 12.9. The Hall–Kier alpha value is -1.22. The summed E-state index contributed by atoms with van der Waals surface area (Å²) in [4.78, 5) is 25.5. The van der Waals surface area contributed by atoms with E-state index in [1.807, 2.05) is 6.92 Å². The van der Waals surface area contributed by atoms with E-state index in [0.717, 1.165) is 50.5 Å². The molecule has 1 unspecified atom stereocenters. The van der Waals surface area contributed by atoms with Crippen LogP contribution in [0.4, 0.5) is 0 Å². The lowest BCUT2D eigenvalue weighted by Crippen LogP contribution is -2.28. The molecular weight excluding hydrogens is 360 g/mol. The number of carbonyl (C=O) groups excluding carboxylic acids is 2. The third kappa shape index (κ3) is 13.6. The van der Waals surface area contributed by atoms with Crippen LogP contribution < -0.4 is 0 Å². The van der Waals surface area contributed by atoms with E-state index in [1.54, 1.807) is 0 Å². The van der Waals surface area contributed by atoms with Crippen molar-refractivity contribution in [3.63, 3.8) is 0 Å². The first-order valence-electron chi connectivity index (χ1n) is 11.9. The van der Waals surface area contributed by atoms with E-state index in [4.69, 9.17) is 0 Å². The summed E-state index contributed by atoms with van der Waals surface area (Å²) in [7, 11) is 0. The Morgan fingerprint density at radius 2 is 1.28 bits per heavy atom. The molecule has 0 amide bonds. The standard InChI is InChI=1S/C26H46O3/c1-6-8-10-12-14-19-23(27)25(22(5)18-16-17-21(3)4)26(29)24(28)20-15-13-11-9-7-2/h17,26,29H,6-16,18-20H2,1-5H3/b25-22+. The molecule has 1 N–H and O–H groups in total. The number of allylic oxidation sites excluding steroid dienone is 3. The van der Waals surface area contributed by atoms with Crippen LogP contribution >= 0.6 is 0 Å². The fourth-order valence-electron chi connectivity index (χ4n) is 3.56. The summed E-state index contributed by atoms with van der Waals surface area (Å²) < 4.78 is 0. The molecule has 0 bridgehead atoms. The van der Waals surface area contributed by atoms with E-state index in [2.05, 4.69) is 33.8 Å². The number of ketones is 2. The predicted molar refractivity (Wildman–Crippen MR) is 124 cm³/mol. The number of aliphatic hydroxyl groups is 1. The molecule has 0 rings (SSSR count). The van der Waals surface area contributed by atoms with Gasteiger partial charge in [-0.15, -0.1) is 0 Å². The van der Waals surface area contributed by atoms with Crippen LogP contribution in [0, 0.1) is 0 Å². The van der Waals surface area contributed by atoms with Crippen LogP contribution in [0.5, 0.6) is 0 Å². The van der Waals surface area contributed by atoms with E-state index >= 15 is 0 Å². The Kier molecular flexibility index (Phi) is 16.9. The molecule has 168 valence electrons. The maximum Gasteiger partial charge on any atom is 0.165 e. The fourth-order valence-corrected chi connectivity index (χ4v) is 3.56. The highest BCUT2D eigenvalue weighted by Crippen LogP contribution is 2.21. The van der Waals surface area contributed by atoms with Crippen LogP contribution in [-0.4, -0.2) is 22.8 Å². The molecule has 0 aromatic carbocycles. The van der Waals surface area contributed by atoms with Gasteiger partial charge < -0.3 is 5.11 Å². The van der Waals surface area contributed by atoms with E-state index in [-0.39, 0.29) is 11.6 Å². The van der Waals surface area contributed by atoms with Gasteiger partial charge in [0, 0.05) is 18.4 Å². The summed E-state index contributed by atoms with van der Waals surface area (Å²) in [6.45, 7) is 10.3. The molecule has 29 heavy (non-hydrogen) atoms. The summed E-state index contributed by atoms with van der Waals surface area (Å²) in [5.41, 5.74) is 2.49. The largest absolute Gasteiger partial charge is 0.380 e. The molecule has 0 aromatic heterocycles. The fraction of sp³-hybridized carbons (Fsp3) is 0.769. The van der Waals surface area contributed by atoms with Crippen LogP contribution in [0.25, 0.3) is 0 Å². The second-order valence-electron chi connectivity index (χ2n) is 8.63. The number of rotatable bonds is 18. The van der Waals surface area contributed by atoms with Crippen molar-refractivity contribution in [3.05, 3.63) is 22.8 Å². The number of hydrogen-bond acceptors (Lipinski definition) is 3. The zero-order valence-corrected chi connectivity index (χ0v) is 19.8. The molecule has 0 saturated carbocycles. The average Bonchev–Trinajstić information content (AvgIpc) is 2.67. The number of unbranched alkanes of at least 4 members (excludes halogenated alkanes) is 8. The summed E-state index contributed by atoms with van der Waals surface area (Å²) >= 11 is 0. The first-order valence-corrected chi connectivity index (χ1v) is 11.9. The third-order valence-electron chi connectivity index (χ3n) is 5.44. The summed E-state index contributed by atoms with van der Waals surface area (Å²) in [6.07, 6.45) is 13.9. The van der Waals surface area contributed by atoms with Crippen molar-refractivity contribution < 1.29 is 14.7 Å². The highest BCUT2D eigenvalue weighted by molar-refractivity contribution is 6.03. The van der Waals surface area contributed by atoms with Gasteiger partial charge in [0.15, 0.2) is 11.6 Å². The van der Waals surface area contributed by atoms with Crippen molar-refractivity contribution in [2.45, 2.75) is 131 Å². The zero-order chi connectivity index (χ0) is 22.1. The van der Waals surface area contributed by atoms with Crippen molar-refractivity contribution in [2.75, 3.05) is 0 Å². The highest BCUT2D eigenvalue weighted by atomic mass is 16.3. The monoisotopic (exact) mass is 406 g/mol. The van der Waals surface area contributed by atoms with Gasteiger partial charge in [0.2, 0.25) is 0 Å². The van der Waals surface area contributed by atoms with Crippen LogP contribution in [0.15, 0.2) is 22.8 Å². The quantitative estimate of drug-likeness (QED) is 0.148. The molecule has 3 nitrogen and oxygen atoms in total. The molecule has 0 spiro atoms. The lowest BCUT2D eigenvalue weighted by molar-refractivity contribution is -0.128. The Morgan fingerprint density at radius 1 is 0.759 bits per heavy atom. The minimum Gasteiger partial charge on any atom is -0.380 e. The lowest BCUT2D eigenvalue weighted by atomic mass is 9.90. The van der Waals surface area contributed by atoms with Gasteiger partial charge >= 0.3 is 0 Å². The van der Waals surface area contributed by atoms with Crippen molar-refractivity contribution in [1.82, 2.24) is 0 Å². The van der Waals surface area contributed by atoms with Gasteiger partial charge in [-0.2, -0.15) is 0 Å². The van der Waals surface area contributed by atoms with Crippen LogP contribution in [0.2, 0.25) is 0 Å². The van der Waals surface area contributed by atoms with Gasteiger partial charge in [0.25, 0.3) is 0 Å². The molecular formula is C26H46O3. The van der Waals surface area contributed by atoms with Crippen molar-refractivity contribution >= 4 is 11.6 Å². The SMILES string of the molecule is CCCCCCCC(=O)/C(=C(/C)CCC=C(C)C)C(O)C(=O)CCCCCCC. The second-order valence-corrected chi connectivity index (χ2v) is 8.63. The van der Waals surface area contributed by atoms with Crippen molar-refractivity contribution in [1.29, 1.82) is 0 Å². The van der Waals surface area contributed by atoms with Gasteiger partial charge in [-0.05, 0) is 46.5 Å². The van der Waals surface area contributed by atoms with Crippen LogP contribution in [-0.2, 0) is 9.59 Å². The number of hydrogen-bond donors (Lipinski definition) is 1. The van der Waals surface area contributed by atoms with E-state index in [1.165, 1.54) is 31.3 Å². The molecule has 1 atom stereocenters. The molecule has 0 aliphatic heterocycles. The molecule has 3 heteroatoms. The van der Waals surface area contributed by atoms with Gasteiger partial charge in [-0.3, -0.25) is 9.59 Å². The number of carbonyl (C=O) groups is 2. The molecule has 0 radical (unpaired) electrons. The van der Waals surface area contributed by atoms with Crippen molar-refractivity contribution in [3.8, 4) is 0 Å². The molecule has 0 aromatic rings. The van der Waals surface area contributed by atoms with E-state index in [9.17, 15) is 14.7 Å². The van der Waals surface area contributed by atoms with Crippen molar-refractivity contribution in [2.24, 2.45) is 0 Å². The summed E-state index contributed by atoms with van der Waals surface area (Å²) in [5, 5.41) is 10.7. The average molecular weight is 407 g/mol. The van der Waals surface area contributed by atoms with Crippen LogP contribution in [0.3, 0.4) is 0 Å². The predicted octanol–water partition coefficient (Wildman–Crippen LogP) is 7.27. The Morgan fingerprint density at radius 3 is 1.79 bits per heavy atom. The molecule has 0 aliphatic carbocycles. The number of Topliss-reactive ketones (excluding diaryl/α,β-unsaturated/α-hetero) is 2. The normalized spacial score (nSPS) is 13.0. The minimum absolute atomic E-state index is 0.0389. The smallest absolute Gasteiger partial charge is 0.165 e. The minimum atomic E-state index is -1.25. The zero-order valence-electron chi connectivity index (χ0n) is 19.8. The van der Waals surface area contributed by atoms with Crippen LogP contribution in [0.1, 0.15) is 125 Å². The lowest BCUT2D eigenvalue weighted by Gasteiger charge is -2.17. The molecule has 0 heterocycles. The second kappa shape index (κ2) is 17.6. The Bertz CT molecular complexity index is 524.